The van der Waals surface area contributed by atoms with Crippen LogP contribution in [-0.2, 0) is 4.79 Å². The van der Waals surface area contributed by atoms with E-state index in [-0.39, 0.29) is 17.8 Å². The van der Waals surface area contributed by atoms with Crippen molar-refractivity contribution in [3.63, 3.8) is 0 Å². The predicted molar refractivity (Wildman–Crippen MR) is 80.4 cm³/mol. The van der Waals surface area contributed by atoms with Crippen molar-refractivity contribution in [1.82, 2.24) is 9.80 Å². The average Bonchev–Trinajstić information content (AvgIpc) is 2.72. The van der Waals surface area contributed by atoms with Crippen LogP contribution >= 0.6 is 12.4 Å². The number of likely N-dealkylation sites (tertiary alicyclic amines) is 2. The van der Waals surface area contributed by atoms with Crippen LogP contribution < -0.4 is 5.73 Å². The Bertz CT molecular complexity index is 305. The van der Waals surface area contributed by atoms with Gasteiger partial charge in [0.25, 0.3) is 0 Å². The van der Waals surface area contributed by atoms with Gasteiger partial charge in [-0.25, -0.2) is 0 Å². The minimum absolute atomic E-state index is 0. The first-order valence-corrected chi connectivity index (χ1v) is 7.23. The van der Waals surface area contributed by atoms with Crippen molar-refractivity contribution >= 4 is 18.3 Å². The Morgan fingerprint density at radius 2 is 1.95 bits per heavy atom. The van der Waals surface area contributed by atoms with E-state index in [4.69, 9.17) is 5.73 Å². The number of amides is 1. The van der Waals surface area contributed by atoms with Crippen LogP contribution in [0.1, 0.15) is 33.1 Å². The topological polar surface area (TPSA) is 49.6 Å². The highest BCUT2D eigenvalue weighted by Gasteiger charge is 2.34. The molecule has 4 nitrogen and oxygen atoms in total. The summed E-state index contributed by atoms with van der Waals surface area (Å²) in [7, 11) is 0. The molecule has 0 radical (unpaired) electrons. The molecule has 2 aliphatic heterocycles. The van der Waals surface area contributed by atoms with Crippen LogP contribution in [0.5, 0.6) is 0 Å². The van der Waals surface area contributed by atoms with Gasteiger partial charge in [-0.3, -0.25) is 9.69 Å². The molecule has 0 saturated carbocycles. The molecule has 2 fully saturated rings. The first-order valence-electron chi connectivity index (χ1n) is 7.23. The van der Waals surface area contributed by atoms with Crippen molar-refractivity contribution in [3.8, 4) is 0 Å². The molecule has 112 valence electrons. The number of nitrogens with two attached hydrogens (primary N) is 1. The summed E-state index contributed by atoms with van der Waals surface area (Å²) in [6.07, 6.45) is 3.44. The summed E-state index contributed by atoms with van der Waals surface area (Å²) in [4.78, 5) is 16.5. The fourth-order valence-corrected chi connectivity index (χ4v) is 2.98. The predicted octanol–water partition coefficient (Wildman–Crippen LogP) is 1.34. The summed E-state index contributed by atoms with van der Waals surface area (Å²) in [5, 5.41) is 0. The van der Waals surface area contributed by atoms with E-state index in [2.05, 4.69) is 18.7 Å². The molecule has 2 saturated heterocycles. The van der Waals surface area contributed by atoms with E-state index in [1.807, 2.05) is 4.90 Å². The van der Waals surface area contributed by atoms with Crippen molar-refractivity contribution in [3.05, 3.63) is 0 Å². The fraction of sp³-hybridized carbons (Fsp3) is 0.929. The smallest absolute Gasteiger partial charge is 0.236 e. The molecule has 0 spiro atoms. The number of carbonyl (C=O) groups is 1. The largest absolute Gasteiger partial charge is 0.342 e. The van der Waals surface area contributed by atoms with Gasteiger partial charge in [-0.05, 0) is 43.7 Å². The number of nitrogens with zero attached hydrogens (tertiary/aromatic N) is 2. The van der Waals surface area contributed by atoms with Gasteiger partial charge in [0.1, 0.15) is 0 Å². The highest BCUT2D eigenvalue weighted by Crippen LogP contribution is 2.28. The lowest BCUT2D eigenvalue weighted by Gasteiger charge is -2.32. The highest BCUT2D eigenvalue weighted by molar-refractivity contribution is 5.85. The summed E-state index contributed by atoms with van der Waals surface area (Å²) in [5.74, 6) is 1.09. The summed E-state index contributed by atoms with van der Waals surface area (Å²) in [5.41, 5.74) is 6.02. The molecule has 1 amide bonds. The zero-order valence-corrected chi connectivity index (χ0v) is 13.0. The molecule has 1 atom stereocenters. The molecule has 0 aromatic heterocycles. The third kappa shape index (κ3) is 4.33. The van der Waals surface area contributed by atoms with Crippen LogP contribution in [0, 0.1) is 11.3 Å². The van der Waals surface area contributed by atoms with Crippen LogP contribution in [0.15, 0.2) is 0 Å². The Hall–Kier alpha value is -0.320. The Kier molecular flexibility index (Phi) is 6.09. The molecule has 0 bridgehead atoms. The van der Waals surface area contributed by atoms with Gasteiger partial charge in [-0.2, -0.15) is 0 Å². The van der Waals surface area contributed by atoms with Gasteiger partial charge in [0.15, 0.2) is 0 Å². The molecule has 2 aliphatic rings. The monoisotopic (exact) mass is 289 g/mol. The van der Waals surface area contributed by atoms with E-state index in [0.29, 0.717) is 12.5 Å². The van der Waals surface area contributed by atoms with E-state index < -0.39 is 0 Å². The maximum atomic E-state index is 12.2. The minimum atomic E-state index is 0. The van der Waals surface area contributed by atoms with Gasteiger partial charge >= 0.3 is 0 Å². The number of hydrogen-bond donors (Lipinski definition) is 1. The Balaban J connectivity index is 0.00000180. The quantitative estimate of drug-likeness (QED) is 0.853. The number of rotatable bonds is 3. The number of hydrogen-bond acceptors (Lipinski definition) is 3. The molecule has 2 rings (SSSR count). The first kappa shape index (κ1) is 16.7. The van der Waals surface area contributed by atoms with E-state index >= 15 is 0 Å². The Morgan fingerprint density at radius 3 is 2.47 bits per heavy atom. The van der Waals surface area contributed by atoms with Crippen molar-refractivity contribution < 1.29 is 4.79 Å². The zero-order valence-electron chi connectivity index (χ0n) is 12.2. The average molecular weight is 290 g/mol. The van der Waals surface area contributed by atoms with E-state index in [9.17, 15) is 4.79 Å². The zero-order chi connectivity index (χ0) is 13.2. The normalized spacial score (nSPS) is 29.3. The number of piperidine rings is 1. The third-order valence-electron chi connectivity index (χ3n) is 4.62. The van der Waals surface area contributed by atoms with Crippen LogP contribution in [0.25, 0.3) is 0 Å². The molecule has 2 heterocycles. The Morgan fingerprint density at radius 1 is 1.32 bits per heavy atom. The summed E-state index contributed by atoms with van der Waals surface area (Å²) in [6.45, 7) is 9.69. The molecule has 0 aromatic carbocycles. The molecule has 5 heteroatoms. The van der Waals surface area contributed by atoms with Gasteiger partial charge in [0.2, 0.25) is 5.91 Å². The summed E-state index contributed by atoms with van der Waals surface area (Å²) >= 11 is 0. The molecule has 0 aliphatic carbocycles. The van der Waals surface area contributed by atoms with E-state index in [0.717, 1.165) is 57.9 Å². The SMILES string of the molecule is CC1CCN(C(=O)CN2CCC(C)(CN)C2)CC1.Cl. The van der Waals surface area contributed by atoms with Crippen molar-refractivity contribution in [2.24, 2.45) is 17.1 Å². The second-order valence-corrected chi connectivity index (χ2v) is 6.54. The third-order valence-corrected chi connectivity index (χ3v) is 4.62. The van der Waals surface area contributed by atoms with Crippen LogP contribution in [0.2, 0.25) is 0 Å². The van der Waals surface area contributed by atoms with E-state index in [1.54, 1.807) is 0 Å². The second kappa shape index (κ2) is 6.91. The molecule has 0 aromatic rings. The molecule has 1 unspecified atom stereocenters. The van der Waals surface area contributed by atoms with Crippen LogP contribution in [0.3, 0.4) is 0 Å². The van der Waals surface area contributed by atoms with Crippen molar-refractivity contribution in [2.45, 2.75) is 33.1 Å². The second-order valence-electron chi connectivity index (χ2n) is 6.54. The lowest BCUT2D eigenvalue weighted by atomic mass is 9.90. The van der Waals surface area contributed by atoms with Gasteiger partial charge in [0.05, 0.1) is 6.54 Å². The van der Waals surface area contributed by atoms with Gasteiger partial charge in [-0.15, -0.1) is 12.4 Å². The first-order chi connectivity index (χ1) is 8.52. The van der Waals surface area contributed by atoms with Crippen LogP contribution in [0.4, 0.5) is 0 Å². The van der Waals surface area contributed by atoms with Crippen molar-refractivity contribution in [1.29, 1.82) is 0 Å². The maximum absolute atomic E-state index is 12.2. The van der Waals surface area contributed by atoms with Crippen molar-refractivity contribution in [2.75, 3.05) is 39.3 Å². The lowest BCUT2D eigenvalue weighted by molar-refractivity contribution is -0.133. The van der Waals surface area contributed by atoms with Gasteiger partial charge in [0, 0.05) is 19.6 Å². The molecule has 19 heavy (non-hydrogen) atoms. The minimum Gasteiger partial charge on any atom is -0.342 e. The Labute approximate surface area is 123 Å². The summed E-state index contributed by atoms with van der Waals surface area (Å²) in [6, 6.07) is 0. The molecular formula is C14H28ClN3O. The lowest BCUT2D eigenvalue weighted by Crippen LogP contribution is -2.44. The van der Waals surface area contributed by atoms with Gasteiger partial charge in [-0.1, -0.05) is 13.8 Å². The highest BCUT2D eigenvalue weighted by atomic mass is 35.5. The van der Waals surface area contributed by atoms with E-state index in [1.165, 1.54) is 0 Å². The fourth-order valence-electron chi connectivity index (χ4n) is 2.98. The van der Waals surface area contributed by atoms with Crippen LogP contribution in [-0.4, -0.2) is 55.0 Å². The molecule has 2 N–H and O–H groups in total. The number of carbonyl (C=O) groups excluding carboxylic acids is 1. The van der Waals surface area contributed by atoms with Gasteiger partial charge < -0.3 is 10.6 Å². The number of halogens is 1. The summed E-state index contributed by atoms with van der Waals surface area (Å²) < 4.78 is 0. The molecular weight excluding hydrogens is 262 g/mol. The maximum Gasteiger partial charge on any atom is 0.236 e. The standard InChI is InChI=1S/C14H27N3O.ClH/c1-12-3-6-17(7-4-12)13(18)9-16-8-5-14(2,10-15)11-16;/h12H,3-11,15H2,1-2H3;1H.